The highest BCUT2D eigenvalue weighted by molar-refractivity contribution is 5.95. The van der Waals surface area contributed by atoms with E-state index in [4.69, 9.17) is 0 Å². The van der Waals surface area contributed by atoms with Crippen molar-refractivity contribution in [1.29, 1.82) is 0 Å². The summed E-state index contributed by atoms with van der Waals surface area (Å²) in [4.78, 5) is 40.8. The highest BCUT2D eigenvalue weighted by atomic mass is 16.2. The van der Waals surface area contributed by atoms with Crippen molar-refractivity contribution < 1.29 is 9.59 Å². The number of amides is 2. The molecule has 3 rings (SSSR count). The van der Waals surface area contributed by atoms with E-state index in [0.717, 1.165) is 22.0 Å². The van der Waals surface area contributed by atoms with Crippen LogP contribution in [0, 0.1) is 12.8 Å². The summed E-state index contributed by atoms with van der Waals surface area (Å²) in [6.07, 6.45) is 2.04. The smallest absolute Gasteiger partial charge is 0.251 e. The molecule has 1 aliphatic heterocycles. The molecule has 1 aliphatic rings. The van der Waals surface area contributed by atoms with Crippen LogP contribution in [0.5, 0.6) is 0 Å². The number of H-pyrrole nitrogens is 1. The number of hydrogen-bond acceptors (Lipinski definition) is 3. The van der Waals surface area contributed by atoms with Gasteiger partial charge >= 0.3 is 0 Å². The maximum atomic E-state index is 12.5. The lowest BCUT2D eigenvalue weighted by Crippen LogP contribution is -2.40. The van der Waals surface area contributed by atoms with Gasteiger partial charge < -0.3 is 15.2 Å². The third-order valence-electron chi connectivity index (χ3n) is 5.33. The first-order valence-electron chi connectivity index (χ1n) is 9.12. The van der Waals surface area contributed by atoms with Gasteiger partial charge in [-0.05, 0) is 43.9 Å². The molecule has 0 radical (unpaired) electrons. The number of aryl methyl sites for hydroxylation is 1. The van der Waals surface area contributed by atoms with Crippen molar-refractivity contribution in [1.82, 2.24) is 9.88 Å². The van der Waals surface area contributed by atoms with E-state index in [1.165, 1.54) is 0 Å². The Morgan fingerprint density at radius 3 is 2.58 bits per heavy atom. The Labute approximate surface area is 152 Å². The van der Waals surface area contributed by atoms with E-state index in [1.807, 2.05) is 32.0 Å². The molecule has 6 heteroatoms. The molecule has 2 aromatic rings. The van der Waals surface area contributed by atoms with Crippen LogP contribution in [0.1, 0.15) is 37.8 Å². The molecule has 2 N–H and O–H groups in total. The van der Waals surface area contributed by atoms with Crippen LogP contribution in [0.25, 0.3) is 10.9 Å². The molecule has 0 bridgehead atoms. The number of nitrogens with one attached hydrogen (secondary N) is 2. The number of carbonyl (C=O) groups excluding carboxylic acids is 2. The first kappa shape index (κ1) is 18.2. The quantitative estimate of drug-likeness (QED) is 0.888. The summed E-state index contributed by atoms with van der Waals surface area (Å²) in [5.74, 6) is -0.0643. The van der Waals surface area contributed by atoms with Gasteiger partial charge in [0.2, 0.25) is 11.8 Å². The van der Waals surface area contributed by atoms with Gasteiger partial charge in [-0.2, -0.15) is 0 Å². The number of fused-ring (bicyclic) bond motifs is 1. The van der Waals surface area contributed by atoms with Crippen molar-refractivity contribution in [3.8, 4) is 0 Å². The van der Waals surface area contributed by atoms with E-state index >= 15 is 0 Å². The van der Waals surface area contributed by atoms with Crippen molar-refractivity contribution in [3.63, 3.8) is 0 Å². The highest BCUT2D eigenvalue weighted by Crippen LogP contribution is 2.23. The average molecular weight is 355 g/mol. The van der Waals surface area contributed by atoms with Gasteiger partial charge in [-0.1, -0.05) is 13.0 Å². The zero-order valence-corrected chi connectivity index (χ0v) is 15.5. The van der Waals surface area contributed by atoms with Crippen LogP contribution in [0.2, 0.25) is 0 Å². The van der Waals surface area contributed by atoms with Crippen LogP contribution in [-0.4, -0.2) is 34.8 Å². The summed E-state index contributed by atoms with van der Waals surface area (Å²) in [6, 6.07) is 5.62. The molecule has 138 valence electrons. The summed E-state index contributed by atoms with van der Waals surface area (Å²) in [5.41, 5.74) is 3.12. The normalized spacial score (nSPS) is 15.3. The predicted octanol–water partition coefficient (Wildman–Crippen LogP) is 2.60. The number of aromatic nitrogens is 1. The molecule has 2 heterocycles. The molecular formula is C20H25N3O3. The number of pyridine rings is 1. The minimum Gasteiger partial charge on any atom is -0.343 e. The van der Waals surface area contributed by atoms with Gasteiger partial charge in [0, 0.05) is 42.6 Å². The average Bonchev–Trinajstić information content (AvgIpc) is 2.62. The van der Waals surface area contributed by atoms with Gasteiger partial charge in [-0.3, -0.25) is 14.4 Å². The molecule has 1 saturated heterocycles. The summed E-state index contributed by atoms with van der Waals surface area (Å²) in [6.45, 7) is 6.73. The molecule has 1 aromatic heterocycles. The van der Waals surface area contributed by atoms with Crippen LogP contribution >= 0.6 is 0 Å². The van der Waals surface area contributed by atoms with Gasteiger partial charge in [0.25, 0.3) is 5.56 Å². The fourth-order valence-corrected chi connectivity index (χ4v) is 3.71. The second-order valence-electron chi connectivity index (χ2n) is 6.94. The largest absolute Gasteiger partial charge is 0.343 e. The lowest BCUT2D eigenvalue weighted by atomic mass is 9.95. The molecule has 0 spiro atoms. The number of nitrogens with zero attached hydrogens (tertiary/aromatic N) is 1. The van der Waals surface area contributed by atoms with Crippen molar-refractivity contribution in [2.24, 2.45) is 5.92 Å². The Morgan fingerprint density at radius 2 is 1.96 bits per heavy atom. The first-order chi connectivity index (χ1) is 12.4. The van der Waals surface area contributed by atoms with E-state index < -0.39 is 0 Å². The standard InChI is InChI=1S/C20H25N3O3/c1-4-16-12(2)17-6-5-15(11-18(17)22-20(16)26)21-19(25)14-7-9-23(10-8-14)13(3)24/h5-6,11,14H,4,7-10H2,1-3H3,(H,21,25)(H,22,26). The Balaban J connectivity index is 1.76. The predicted molar refractivity (Wildman–Crippen MR) is 102 cm³/mol. The summed E-state index contributed by atoms with van der Waals surface area (Å²) >= 11 is 0. The Bertz CT molecular complexity index is 908. The minimum absolute atomic E-state index is 0.0307. The monoisotopic (exact) mass is 355 g/mol. The lowest BCUT2D eigenvalue weighted by molar-refractivity contribution is -0.132. The first-order valence-corrected chi connectivity index (χ1v) is 9.12. The minimum atomic E-state index is -0.0930. The number of carbonyl (C=O) groups is 2. The van der Waals surface area contributed by atoms with Crippen LogP contribution in [0.4, 0.5) is 5.69 Å². The van der Waals surface area contributed by atoms with Crippen molar-refractivity contribution >= 4 is 28.4 Å². The molecule has 26 heavy (non-hydrogen) atoms. The van der Waals surface area contributed by atoms with Crippen molar-refractivity contribution in [2.45, 2.75) is 40.0 Å². The Morgan fingerprint density at radius 1 is 1.27 bits per heavy atom. The van der Waals surface area contributed by atoms with Gasteiger partial charge in [0.05, 0.1) is 5.52 Å². The van der Waals surface area contributed by atoms with Gasteiger partial charge in [-0.25, -0.2) is 0 Å². The van der Waals surface area contributed by atoms with E-state index in [2.05, 4.69) is 10.3 Å². The number of hydrogen-bond donors (Lipinski definition) is 2. The van der Waals surface area contributed by atoms with E-state index in [9.17, 15) is 14.4 Å². The SMILES string of the molecule is CCc1c(C)c2ccc(NC(=O)C3CCN(C(C)=O)CC3)cc2[nH]c1=O. The zero-order chi connectivity index (χ0) is 18.8. The number of rotatable bonds is 3. The second kappa shape index (κ2) is 7.32. The highest BCUT2D eigenvalue weighted by Gasteiger charge is 2.26. The van der Waals surface area contributed by atoms with Gasteiger partial charge in [-0.15, -0.1) is 0 Å². The molecule has 0 atom stereocenters. The summed E-state index contributed by atoms with van der Waals surface area (Å²) < 4.78 is 0. The van der Waals surface area contributed by atoms with Crippen LogP contribution < -0.4 is 10.9 Å². The molecule has 0 unspecified atom stereocenters. The fourth-order valence-electron chi connectivity index (χ4n) is 3.71. The Hall–Kier alpha value is -2.63. The zero-order valence-electron chi connectivity index (χ0n) is 15.5. The van der Waals surface area contributed by atoms with E-state index in [0.29, 0.717) is 38.0 Å². The third kappa shape index (κ3) is 3.49. The fraction of sp³-hybridized carbons (Fsp3) is 0.450. The molecule has 0 aliphatic carbocycles. The Kier molecular flexibility index (Phi) is 5.11. The maximum absolute atomic E-state index is 12.5. The lowest BCUT2D eigenvalue weighted by Gasteiger charge is -2.30. The summed E-state index contributed by atoms with van der Waals surface area (Å²) in [7, 11) is 0. The summed E-state index contributed by atoms with van der Waals surface area (Å²) in [5, 5.41) is 3.95. The van der Waals surface area contributed by atoms with Crippen LogP contribution in [0.3, 0.4) is 0 Å². The molecule has 0 saturated carbocycles. The molecule has 1 fully saturated rings. The third-order valence-corrected chi connectivity index (χ3v) is 5.33. The van der Waals surface area contributed by atoms with Crippen LogP contribution in [-0.2, 0) is 16.0 Å². The number of likely N-dealkylation sites (tertiary alicyclic amines) is 1. The number of benzene rings is 1. The number of aromatic amines is 1. The van der Waals surface area contributed by atoms with E-state index in [1.54, 1.807) is 11.8 Å². The van der Waals surface area contributed by atoms with E-state index in [-0.39, 0.29) is 23.3 Å². The van der Waals surface area contributed by atoms with Gasteiger partial charge in [0.1, 0.15) is 0 Å². The molecule has 2 amide bonds. The maximum Gasteiger partial charge on any atom is 0.251 e. The number of anilines is 1. The molecule has 6 nitrogen and oxygen atoms in total. The van der Waals surface area contributed by atoms with Gasteiger partial charge in [0.15, 0.2) is 0 Å². The second-order valence-corrected chi connectivity index (χ2v) is 6.94. The molecule has 1 aromatic carbocycles. The molecular weight excluding hydrogens is 330 g/mol. The van der Waals surface area contributed by atoms with Crippen molar-refractivity contribution in [3.05, 3.63) is 39.7 Å². The topological polar surface area (TPSA) is 82.3 Å². The number of piperidine rings is 1. The van der Waals surface area contributed by atoms with Crippen molar-refractivity contribution in [2.75, 3.05) is 18.4 Å². The van der Waals surface area contributed by atoms with Crippen LogP contribution in [0.15, 0.2) is 23.0 Å².